The monoisotopic (exact) mass is 239 g/mol. The highest BCUT2D eigenvalue weighted by Crippen LogP contribution is 2.15. The van der Waals surface area contributed by atoms with Crippen molar-refractivity contribution in [1.82, 2.24) is 15.5 Å². The second-order valence-electron chi connectivity index (χ2n) is 4.42. The Morgan fingerprint density at radius 1 is 1.47 bits per heavy atom. The Morgan fingerprint density at radius 3 is 3.00 bits per heavy atom. The van der Waals surface area contributed by atoms with Crippen LogP contribution in [0.25, 0.3) is 0 Å². The fraction of sp³-hybridized carbons (Fsp3) is 0.769. The molecule has 1 atom stereocenters. The molecule has 1 aliphatic heterocycles. The second kappa shape index (κ2) is 8.12. The van der Waals surface area contributed by atoms with Gasteiger partial charge in [-0.05, 0) is 39.3 Å². The first-order valence-electron chi connectivity index (χ1n) is 6.64. The number of nitrogens with zero attached hydrogens (tertiary/aromatic N) is 1. The number of hydrogen-bond acceptors (Lipinski definition) is 2. The van der Waals surface area contributed by atoms with Crippen LogP contribution >= 0.6 is 0 Å². The molecule has 0 saturated carbocycles. The van der Waals surface area contributed by atoms with Gasteiger partial charge in [-0.25, -0.2) is 4.79 Å². The molecule has 1 saturated heterocycles. The molecule has 1 heterocycles. The van der Waals surface area contributed by atoms with Gasteiger partial charge in [-0.3, -0.25) is 4.90 Å². The summed E-state index contributed by atoms with van der Waals surface area (Å²) in [4.78, 5) is 13.9. The van der Waals surface area contributed by atoms with Crippen LogP contribution in [0.15, 0.2) is 12.2 Å². The highest BCUT2D eigenvalue weighted by atomic mass is 16.2. The van der Waals surface area contributed by atoms with Gasteiger partial charge in [-0.2, -0.15) is 0 Å². The number of likely N-dealkylation sites (N-methyl/N-ethyl adjacent to an activating group) is 1. The number of likely N-dealkylation sites (tertiary alicyclic amines) is 1. The van der Waals surface area contributed by atoms with E-state index in [1.807, 2.05) is 13.0 Å². The molecular weight excluding hydrogens is 214 g/mol. The minimum atomic E-state index is -0.0440. The Morgan fingerprint density at radius 2 is 2.29 bits per heavy atom. The Bertz CT molecular complexity index is 253. The molecule has 17 heavy (non-hydrogen) atoms. The zero-order chi connectivity index (χ0) is 12.5. The van der Waals surface area contributed by atoms with E-state index in [2.05, 4.69) is 28.5 Å². The predicted molar refractivity (Wildman–Crippen MR) is 71.1 cm³/mol. The van der Waals surface area contributed by atoms with E-state index in [1.165, 1.54) is 19.4 Å². The van der Waals surface area contributed by atoms with Crippen LogP contribution in [-0.2, 0) is 0 Å². The van der Waals surface area contributed by atoms with Crippen molar-refractivity contribution in [2.45, 2.75) is 39.2 Å². The van der Waals surface area contributed by atoms with Gasteiger partial charge in [0.05, 0.1) is 0 Å². The highest BCUT2D eigenvalue weighted by molar-refractivity contribution is 5.73. The van der Waals surface area contributed by atoms with Gasteiger partial charge >= 0.3 is 6.03 Å². The first kappa shape index (κ1) is 14.0. The van der Waals surface area contributed by atoms with Crippen molar-refractivity contribution in [2.24, 2.45) is 0 Å². The minimum Gasteiger partial charge on any atom is -0.338 e. The molecule has 4 nitrogen and oxygen atoms in total. The highest BCUT2D eigenvalue weighted by Gasteiger charge is 2.22. The van der Waals surface area contributed by atoms with Crippen LogP contribution in [0.1, 0.15) is 33.1 Å². The molecule has 2 N–H and O–H groups in total. The summed E-state index contributed by atoms with van der Waals surface area (Å²) in [5.41, 5.74) is 0. The average Bonchev–Trinajstić information content (AvgIpc) is 2.79. The predicted octanol–water partition coefficient (Wildman–Crippen LogP) is 1.74. The number of hydrogen-bond donors (Lipinski definition) is 2. The largest absolute Gasteiger partial charge is 0.338 e. The van der Waals surface area contributed by atoms with E-state index in [4.69, 9.17) is 0 Å². The number of carbonyl (C=O) groups is 1. The third kappa shape index (κ3) is 5.22. The van der Waals surface area contributed by atoms with Gasteiger partial charge in [0, 0.05) is 19.1 Å². The smallest absolute Gasteiger partial charge is 0.314 e. The third-order valence-electron chi connectivity index (χ3n) is 3.24. The molecule has 0 aromatic heterocycles. The molecule has 1 rings (SSSR count). The fourth-order valence-electron chi connectivity index (χ4n) is 2.25. The minimum absolute atomic E-state index is 0.0440. The van der Waals surface area contributed by atoms with E-state index in [1.54, 1.807) is 0 Å². The van der Waals surface area contributed by atoms with Gasteiger partial charge < -0.3 is 10.6 Å². The standard InChI is InChI=1S/C13H25N3O/c1-3-5-6-9-14-13(17)15-11-12-8-7-10-16(12)4-2/h3,5,12H,4,6-11H2,1-2H3,(H2,14,15,17). The van der Waals surface area contributed by atoms with E-state index < -0.39 is 0 Å². The molecular formula is C13H25N3O. The van der Waals surface area contributed by atoms with Crippen LogP contribution in [0, 0.1) is 0 Å². The first-order valence-corrected chi connectivity index (χ1v) is 6.64. The Hall–Kier alpha value is -1.03. The molecule has 1 aliphatic rings. The maximum atomic E-state index is 11.5. The summed E-state index contributed by atoms with van der Waals surface area (Å²) in [5.74, 6) is 0. The molecule has 0 radical (unpaired) electrons. The van der Waals surface area contributed by atoms with Crippen molar-refractivity contribution in [2.75, 3.05) is 26.2 Å². The Kier molecular flexibility index (Phi) is 6.70. The summed E-state index contributed by atoms with van der Waals surface area (Å²) in [6.07, 6.45) is 7.40. The van der Waals surface area contributed by atoms with Gasteiger partial charge in [0.2, 0.25) is 0 Å². The molecule has 0 bridgehead atoms. The fourth-order valence-corrected chi connectivity index (χ4v) is 2.25. The van der Waals surface area contributed by atoms with E-state index in [0.29, 0.717) is 12.6 Å². The summed E-state index contributed by atoms with van der Waals surface area (Å²) in [6, 6.07) is 0.485. The van der Waals surface area contributed by atoms with E-state index in [-0.39, 0.29) is 6.03 Å². The summed E-state index contributed by atoms with van der Waals surface area (Å²) < 4.78 is 0. The molecule has 0 aromatic rings. The maximum absolute atomic E-state index is 11.5. The van der Waals surface area contributed by atoms with Crippen molar-refractivity contribution in [3.05, 3.63) is 12.2 Å². The van der Waals surface area contributed by atoms with Crippen LogP contribution in [-0.4, -0.2) is 43.2 Å². The summed E-state index contributed by atoms with van der Waals surface area (Å²) in [5, 5.41) is 5.80. The molecule has 2 amide bonds. The van der Waals surface area contributed by atoms with Crippen molar-refractivity contribution >= 4 is 6.03 Å². The molecule has 0 aromatic carbocycles. The van der Waals surface area contributed by atoms with Crippen LogP contribution in [0.5, 0.6) is 0 Å². The van der Waals surface area contributed by atoms with E-state index in [9.17, 15) is 4.79 Å². The average molecular weight is 239 g/mol. The van der Waals surface area contributed by atoms with Gasteiger partial charge in [0.1, 0.15) is 0 Å². The lowest BCUT2D eigenvalue weighted by molar-refractivity contribution is 0.229. The summed E-state index contributed by atoms with van der Waals surface area (Å²) >= 11 is 0. The topological polar surface area (TPSA) is 44.4 Å². The van der Waals surface area contributed by atoms with E-state index >= 15 is 0 Å². The lowest BCUT2D eigenvalue weighted by Gasteiger charge is -2.22. The van der Waals surface area contributed by atoms with Crippen LogP contribution in [0.2, 0.25) is 0 Å². The quantitative estimate of drug-likeness (QED) is 0.548. The normalized spacial score (nSPS) is 20.9. The number of nitrogens with one attached hydrogen (secondary N) is 2. The van der Waals surface area contributed by atoms with Gasteiger partial charge in [-0.1, -0.05) is 19.1 Å². The Balaban J connectivity index is 2.10. The van der Waals surface area contributed by atoms with Crippen molar-refractivity contribution < 1.29 is 4.79 Å². The number of rotatable bonds is 6. The number of amides is 2. The third-order valence-corrected chi connectivity index (χ3v) is 3.24. The van der Waals surface area contributed by atoms with Crippen LogP contribution in [0.4, 0.5) is 4.79 Å². The van der Waals surface area contributed by atoms with Gasteiger partial charge in [0.25, 0.3) is 0 Å². The van der Waals surface area contributed by atoms with Gasteiger partial charge in [0.15, 0.2) is 0 Å². The zero-order valence-electron chi connectivity index (χ0n) is 11.0. The molecule has 98 valence electrons. The van der Waals surface area contributed by atoms with Gasteiger partial charge in [-0.15, -0.1) is 0 Å². The summed E-state index contributed by atoms with van der Waals surface area (Å²) in [6.45, 7) is 7.89. The SMILES string of the molecule is CC=CCCNC(=O)NCC1CCCN1CC. The zero-order valence-corrected chi connectivity index (χ0v) is 11.0. The number of allylic oxidation sites excluding steroid dienone is 1. The Labute approximate surface area is 104 Å². The first-order chi connectivity index (χ1) is 8.27. The lowest BCUT2D eigenvalue weighted by atomic mass is 10.2. The summed E-state index contributed by atoms with van der Waals surface area (Å²) in [7, 11) is 0. The number of urea groups is 1. The van der Waals surface area contributed by atoms with Crippen LogP contribution < -0.4 is 10.6 Å². The van der Waals surface area contributed by atoms with Crippen LogP contribution in [0.3, 0.4) is 0 Å². The maximum Gasteiger partial charge on any atom is 0.314 e. The lowest BCUT2D eigenvalue weighted by Crippen LogP contribution is -2.44. The van der Waals surface area contributed by atoms with Crippen molar-refractivity contribution in [3.63, 3.8) is 0 Å². The van der Waals surface area contributed by atoms with Crippen molar-refractivity contribution in [1.29, 1.82) is 0 Å². The van der Waals surface area contributed by atoms with E-state index in [0.717, 1.165) is 19.5 Å². The molecule has 4 heteroatoms. The molecule has 1 unspecified atom stereocenters. The molecule has 0 spiro atoms. The molecule has 1 fully saturated rings. The number of carbonyl (C=O) groups excluding carboxylic acids is 1. The van der Waals surface area contributed by atoms with Crippen molar-refractivity contribution in [3.8, 4) is 0 Å². The second-order valence-corrected chi connectivity index (χ2v) is 4.42. The molecule has 0 aliphatic carbocycles.